The molecule has 182 valence electrons. The van der Waals surface area contributed by atoms with Gasteiger partial charge in [-0.15, -0.1) is 0 Å². The number of ether oxygens (including phenoxy) is 1. The topological polar surface area (TPSA) is 79.6 Å². The largest absolute Gasteiger partial charge is 0.492 e. The molecule has 0 bridgehead atoms. The Morgan fingerprint density at radius 3 is 2.89 bits per heavy atom. The number of nitrogens with one attached hydrogen (secondary N) is 2. The van der Waals surface area contributed by atoms with Crippen LogP contribution in [0.4, 0.5) is 17.6 Å². The van der Waals surface area contributed by atoms with Crippen molar-refractivity contribution in [1.82, 2.24) is 24.9 Å². The van der Waals surface area contributed by atoms with Crippen molar-refractivity contribution in [2.45, 2.75) is 18.9 Å². The second-order valence-electron chi connectivity index (χ2n) is 8.20. The van der Waals surface area contributed by atoms with E-state index >= 15 is 0 Å². The van der Waals surface area contributed by atoms with E-state index in [4.69, 9.17) is 21.3 Å². The molecule has 8 nitrogen and oxygen atoms in total. The highest BCUT2D eigenvalue weighted by atomic mass is 127. The van der Waals surface area contributed by atoms with E-state index in [1.807, 2.05) is 42.3 Å². The molecule has 0 amide bonds. The highest BCUT2D eigenvalue weighted by Gasteiger charge is 2.23. The molecule has 3 heterocycles. The van der Waals surface area contributed by atoms with E-state index in [2.05, 4.69) is 71.4 Å². The van der Waals surface area contributed by atoms with Crippen LogP contribution in [-0.2, 0) is 0 Å². The fourth-order valence-corrected chi connectivity index (χ4v) is 5.93. The fourth-order valence-electron chi connectivity index (χ4n) is 4.10. The second-order valence-corrected chi connectivity index (χ2v) is 10.7. The van der Waals surface area contributed by atoms with Gasteiger partial charge in [-0.3, -0.25) is 0 Å². The number of hydrogen-bond acceptors (Lipinski definition) is 7. The van der Waals surface area contributed by atoms with Crippen molar-refractivity contribution in [3.05, 3.63) is 67.3 Å². The summed E-state index contributed by atoms with van der Waals surface area (Å²) in [6, 6.07) is 14.5. The molecule has 0 aliphatic carbocycles. The third-order valence-electron chi connectivity index (χ3n) is 5.84. The summed E-state index contributed by atoms with van der Waals surface area (Å²) in [6.07, 6.45) is 3.44. The van der Waals surface area contributed by atoms with Crippen LogP contribution in [0.25, 0.3) is 5.65 Å². The lowest BCUT2D eigenvalue weighted by molar-refractivity contribution is 0.251. The van der Waals surface area contributed by atoms with Gasteiger partial charge >= 0.3 is 0 Å². The smallest absolute Gasteiger partial charge is 0.236 e. The Morgan fingerprint density at radius 1 is 1.23 bits per heavy atom. The maximum atomic E-state index is 6.36. The maximum absolute atomic E-state index is 6.36. The first kappa shape index (κ1) is 24.5. The van der Waals surface area contributed by atoms with Crippen LogP contribution in [0.3, 0.4) is 0 Å². The average molecular weight is 669 g/mol. The van der Waals surface area contributed by atoms with Crippen molar-refractivity contribution >= 4 is 73.4 Å². The van der Waals surface area contributed by atoms with E-state index in [0.717, 1.165) is 41.8 Å². The Hall–Kier alpha value is -2.15. The summed E-state index contributed by atoms with van der Waals surface area (Å²) in [6.45, 7) is 2.28. The zero-order valence-electron chi connectivity index (χ0n) is 19.0. The number of halogens is 3. The molecule has 1 atom stereocenters. The molecule has 1 aliphatic rings. The Kier molecular flexibility index (Phi) is 7.61. The van der Waals surface area contributed by atoms with Crippen LogP contribution in [0, 0.1) is 3.57 Å². The van der Waals surface area contributed by atoms with E-state index in [1.165, 1.54) is 9.13 Å². The third kappa shape index (κ3) is 5.35. The van der Waals surface area contributed by atoms with Crippen molar-refractivity contribution in [2.24, 2.45) is 0 Å². The molecule has 0 fully saturated rings. The minimum Gasteiger partial charge on any atom is -0.492 e. The first-order valence-corrected chi connectivity index (χ1v) is 13.6. The summed E-state index contributed by atoms with van der Waals surface area (Å²) in [7, 11) is 1.95. The van der Waals surface area contributed by atoms with Gasteiger partial charge in [-0.25, -0.2) is 0 Å². The van der Waals surface area contributed by atoms with E-state index in [-0.39, 0.29) is 6.04 Å². The van der Waals surface area contributed by atoms with Gasteiger partial charge in [0.25, 0.3) is 0 Å². The molecule has 0 saturated carbocycles. The number of fused-ring (bicyclic) bond motifs is 2. The second kappa shape index (κ2) is 10.9. The number of nitrogens with zero attached hydrogens (tertiary/aromatic N) is 5. The Balaban J connectivity index is 1.24. The number of aromatic nitrogens is 4. The minimum absolute atomic E-state index is 0.272. The van der Waals surface area contributed by atoms with Gasteiger partial charge < -0.3 is 20.3 Å². The summed E-state index contributed by atoms with van der Waals surface area (Å²) in [5.74, 6) is 2.10. The predicted octanol–water partition coefficient (Wildman–Crippen LogP) is 5.83. The number of para-hydroxylation sites is 1. The molecular formula is C24H24BrClIN7O. The molecule has 4 aromatic rings. The molecule has 2 aromatic carbocycles. The summed E-state index contributed by atoms with van der Waals surface area (Å²) in [5.41, 5.74) is 2.77. The number of hydrogen-bond donors (Lipinski definition) is 2. The standard InChI is InChI=1S/C24H24BrClIN7O/c1-33(16-6-3-2-4-7-16)24-32-23(31-22-19(26)14-30-34(22)24)29-10-5-9-28-20-8-11-35-21-17(20)12-15(27)13-18(21)25/h2-4,6-7,12-14,20,28H,5,8-11H2,1H3,(H,29,31)/t20-/m1/s1. The van der Waals surface area contributed by atoms with Crippen LogP contribution < -0.4 is 20.3 Å². The van der Waals surface area contributed by atoms with Gasteiger partial charge in [0.05, 0.1) is 17.3 Å². The highest BCUT2D eigenvalue weighted by Crippen LogP contribution is 2.39. The first-order valence-electron chi connectivity index (χ1n) is 11.3. The molecule has 2 N–H and O–H groups in total. The molecule has 0 saturated heterocycles. The molecule has 0 radical (unpaired) electrons. The summed E-state index contributed by atoms with van der Waals surface area (Å²) >= 11 is 12.3. The van der Waals surface area contributed by atoms with Gasteiger partial charge in [-0.1, -0.05) is 29.8 Å². The maximum Gasteiger partial charge on any atom is 0.236 e. The summed E-state index contributed by atoms with van der Waals surface area (Å²) in [4.78, 5) is 11.3. The van der Waals surface area contributed by atoms with Gasteiger partial charge in [-0.2, -0.15) is 19.6 Å². The molecular weight excluding hydrogens is 645 g/mol. The zero-order chi connectivity index (χ0) is 24.4. The van der Waals surface area contributed by atoms with E-state index < -0.39 is 0 Å². The van der Waals surface area contributed by atoms with Crippen LogP contribution in [0.1, 0.15) is 24.4 Å². The van der Waals surface area contributed by atoms with Gasteiger partial charge in [0, 0.05) is 40.9 Å². The third-order valence-corrected chi connectivity index (χ3v) is 7.32. The molecule has 2 aromatic heterocycles. The number of benzene rings is 2. The van der Waals surface area contributed by atoms with Crippen LogP contribution in [0.2, 0.25) is 5.02 Å². The van der Waals surface area contributed by atoms with Crippen LogP contribution in [0.15, 0.2) is 53.1 Å². The van der Waals surface area contributed by atoms with E-state index in [1.54, 1.807) is 10.7 Å². The van der Waals surface area contributed by atoms with Crippen molar-refractivity contribution in [3.8, 4) is 5.75 Å². The lowest BCUT2D eigenvalue weighted by atomic mass is 10.0. The van der Waals surface area contributed by atoms with Crippen LogP contribution >= 0.6 is 50.1 Å². The molecule has 11 heteroatoms. The Labute approximate surface area is 230 Å². The SMILES string of the molecule is CN(c1ccccc1)c1nc(NCCCN[C@@H]2CCOc3c(Br)cc(I)cc32)nc2c(Cl)cnn12. The average Bonchev–Trinajstić information content (AvgIpc) is 3.24. The monoisotopic (exact) mass is 667 g/mol. The lowest BCUT2D eigenvalue weighted by Crippen LogP contribution is -2.29. The van der Waals surface area contributed by atoms with Crippen LogP contribution in [-0.4, -0.2) is 46.3 Å². The normalized spacial score (nSPS) is 15.0. The molecule has 1 aliphatic heterocycles. The summed E-state index contributed by atoms with van der Waals surface area (Å²) < 4.78 is 9.74. The highest BCUT2D eigenvalue weighted by molar-refractivity contribution is 14.1. The van der Waals surface area contributed by atoms with Gasteiger partial charge in [0.15, 0.2) is 5.65 Å². The van der Waals surface area contributed by atoms with Crippen molar-refractivity contribution in [2.75, 3.05) is 37.0 Å². The first-order chi connectivity index (χ1) is 17.0. The quantitative estimate of drug-likeness (QED) is 0.181. The van der Waals surface area contributed by atoms with E-state index in [0.29, 0.717) is 29.2 Å². The van der Waals surface area contributed by atoms with E-state index in [9.17, 15) is 0 Å². The molecule has 0 spiro atoms. The Morgan fingerprint density at radius 2 is 2.06 bits per heavy atom. The zero-order valence-corrected chi connectivity index (χ0v) is 23.5. The van der Waals surface area contributed by atoms with Crippen molar-refractivity contribution in [3.63, 3.8) is 0 Å². The molecule has 5 rings (SSSR count). The fraction of sp³-hybridized carbons (Fsp3) is 0.292. The number of rotatable bonds is 8. The number of anilines is 3. The molecule has 35 heavy (non-hydrogen) atoms. The van der Waals surface area contributed by atoms with Gasteiger partial charge in [0.2, 0.25) is 11.9 Å². The Bertz CT molecular complexity index is 1340. The summed E-state index contributed by atoms with van der Waals surface area (Å²) in [5, 5.41) is 11.9. The molecule has 0 unspecified atom stereocenters. The van der Waals surface area contributed by atoms with Crippen molar-refractivity contribution < 1.29 is 4.74 Å². The van der Waals surface area contributed by atoms with Crippen molar-refractivity contribution in [1.29, 1.82) is 0 Å². The van der Waals surface area contributed by atoms with Gasteiger partial charge in [-0.05, 0) is 75.8 Å². The predicted molar refractivity (Wildman–Crippen MR) is 151 cm³/mol. The minimum atomic E-state index is 0.272. The van der Waals surface area contributed by atoms with Crippen LogP contribution in [0.5, 0.6) is 5.75 Å². The lowest BCUT2D eigenvalue weighted by Gasteiger charge is -2.28. The van der Waals surface area contributed by atoms with Gasteiger partial charge in [0.1, 0.15) is 10.8 Å².